The molecule has 1 aromatic carbocycles. The molecule has 1 aliphatic heterocycles. The molecule has 1 spiro atoms. The lowest BCUT2D eigenvalue weighted by Gasteiger charge is -2.40. The van der Waals surface area contributed by atoms with Gasteiger partial charge in [0.05, 0.1) is 16.9 Å². The standard InChI is InChI=1S/C20H23N5/c1-14-21-11-15-7-9-20(19(15)22-14)8-4-10-25(13-20)12-18-16-5-2-3-6-17(16)23-24-18/h2-3,5-6,11H,4,7-10,12-13H2,1H3,(H,23,24). The minimum absolute atomic E-state index is 0.219. The van der Waals surface area contributed by atoms with E-state index in [1.807, 2.05) is 19.2 Å². The zero-order chi connectivity index (χ0) is 16.9. The smallest absolute Gasteiger partial charge is 0.125 e. The number of benzene rings is 1. The molecule has 3 heterocycles. The molecule has 1 saturated heterocycles. The number of hydrogen-bond donors (Lipinski definition) is 1. The average molecular weight is 333 g/mol. The molecular weight excluding hydrogens is 310 g/mol. The number of piperidine rings is 1. The maximum absolute atomic E-state index is 4.85. The highest BCUT2D eigenvalue weighted by molar-refractivity contribution is 5.81. The highest BCUT2D eigenvalue weighted by atomic mass is 15.2. The van der Waals surface area contributed by atoms with Gasteiger partial charge in [-0.25, -0.2) is 9.97 Å². The van der Waals surface area contributed by atoms with Crippen molar-refractivity contribution in [1.29, 1.82) is 0 Å². The summed E-state index contributed by atoms with van der Waals surface area (Å²) in [6, 6.07) is 8.36. The summed E-state index contributed by atoms with van der Waals surface area (Å²) in [6.07, 6.45) is 6.86. The number of nitrogens with zero attached hydrogens (tertiary/aromatic N) is 4. The lowest BCUT2D eigenvalue weighted by molar-refractivity contribution is 0.135. The second-order valence-corrected chi connectivity index (χ2v) is 7.60. The molecule has 1 N–H and O–H groups in total. The third-order valence-electron chi connectivity index (χ3n) is 5.94. The predicted molar refractivity (Wildman–Crippen MR) is 97.4 cm³/mol. The van der Waals surface area contributed by atoms with Crippen molar-refractivity contribution in [3.63, 3.8) is 0 Å². The molecule has 0 radical (unpaired) electrons. The summed E-state index contributed by atoms with van der Waals surface area (Å²) in [6.45, 7) is 5.17. The SMILES string of the molecule is Cc1ncc2c(n1)C1(CCCN(Cc3[nH]nc4ccccc34)C1)CC2. The molecular formula is C20H23N5. The lowest BCUT2D eigenvalue weighted by atomic mass is 9.77. The third kappa shape index (κ3) is 2.45. The van der Waals surface area contributed by atoms with Crippen LogP contribution in [-0.2, 0) is 18.4 Å². The van der Waals surface area contributed by atoms with E-state index in [9.17, 15) is 0 Å². The molecule has 1 atom stereocenters. The van der Waals surface area contributed by atoms with Crippen LogP contribution in [0.3, 0.4) is 0 Å². The van der Waals surface area contributed by atoms with Crippen LogP contribution in [0, 0.1) is 6.92 Å². The van der Waals surface area contributed by atoms with Gasteiger partial charge in [-0.2, -0.15) is 5.10 Å². The van der Waals surface area contributed by atoms with Gasteiger partial charge in [0.15, 0.2) is 0 Å². The predicted octanol–water partition coefficient (Wildman–Crippen LogP) is 3.14. The maximum Gasteiger partial charge on any atom is 0.125 e. The summed E-state index contributed by atoms with van der Waals surface area (Å²) in [7, 11) is 0. The van der Waals surface area contributed by atoms with Gasteiger partial charge in [0.2, 0.25) is 0 Å². The van der Waals surface area contributed by atoms with E-state index in [0.717, 1.165) is 37.4 Å². The van der Waals surface area contributed by atoms with Crippen LogP contribution in [0.2, 0.25) is 0 Å². The Kier molecular flexibility index (Phi) is 3.38. The monoisotopic (exact) mass is 333 g/mol. The Bertz CT molecular complexity index is 927. The first kappa shape index (κ1) is 15.0. The molecule has 5 heteroatoms. The minimum atomic E-state index is 0.219. The second kappa shape index (κ2) is 5.63. The Morgan fingerprint density at radius 1 is 1.24 bits per heavy atom. The van der Waals surface area contributed by atoms with E-state index in [-0.39, 0.29) is 5.41 Å². The van der Waals surface area contributed by atoms with Crippen LogP contribution in [0.25, 0.3) is 10.9 Å². The summed E-state index contributed by atoms with van der Waals surface area (Å²) in [4.78, 5) is 11.8. The molecule has 0 bridgehead atoms. The molecule has 2 aliphatic rings. The Balaban J connectivity index is 1.43. The van der Waals surface area contributed by atoms with Crippen molar-refractivity contribution in [2.75, 3.05) is 13.1 Å². The zero-order valence-corrected chi connectivity index (χ0v) is 14.6. The average Bonchev–Trinajstić information content (AvgIpc) is 3.18. The number of aromatic amines is 1. The summed E-state index contributed by atoms with van der Waals surface area (Å²) in [5.74, 6) is 0.900. The normalized spacial score (nSPS) is 23.4. The minimum Gasteiger partial charge on any atom is -0.297 e. The van der Waals surface area contributed by atoms with Gasteiger partial charge in [0.25, 0.3) is 0 Å². The Hall–Kier alpha value is -2.27. The van der Waals surface area contributed by atoms with E-state index in [2.05, 4.69) is 38.3 Å². The van der Waals surface area contributed by atoms with Crippen LogP contribution in [0.4, 0.5) is 0 Å². The number of hydrogen-bond acceptors (Lipinski definition) is 4. The Morgan fingerprint density at radius 2 is 2.16 bits per heavy atom. The van der Waals surface area contributed by atoms with Crippen molar-refractivity contribution in [3.05, 3.63) is 53.2 Å². The van der Waals surface area contributed by atoms with Gasteiger partial charge in [-0.05, 0) is 50.8 Å². The molecule has 5 rings (SSSR count). The summed E-state index contributed by atoms with van der Waals surface area (Å²) in [5.41, 5.74) is 5.18. The molecule has 3 aromatic rings. The number of rotatable bonds is 2. The van der Waals surface area contributed by atoms with Crippen molar-refractivity contribution in [3.8, 4) is 0 Å². The van der Waals surface area contributed by atoms with E-state index >= 15 is 0 Å². The molecule has 0 saturated carbocycles. The molecule has 25 heavy (non-hydrogen) atoms. The first-order valence-corrected chi connectivity index (χ1v) is 9.21. The highest BCUT2D eigenvalue weighted by Crippen LogP contribution is 2.44. The number of nitrogens with one attached hydrogen (secondary N) is 1. The van der Waals surface area contributed by atoms with E-state index < -0.39 is 0 Å². The van der Waals surface area contributed by atoms with Gasteiger partial charge in [0, 0.05) is 30.1 Å². The van der Waals surface area contributed by atoms with Crippen LogP contribution in [0.1, 0.15) is 42.0 Å². The van der Waals surface area contributed by atoms with E-state index in [0.29, 0.717) is 0 Å². The molecule has 1 unspecified atom stereocenters. The first-order valence-electron chi connectivity index (χ1n) is 9.21. The van der Waals surface area contributed by atoms with Crippen LogP contribution in [0.15, 0.2) is 30.5 Å². The fraction of sp³-hybridized carbons (Fsp3) is 0.450. The first-order chi connectivity index (χ1) is 12.2. The molecule has 2 aromatic heterocycles. The van der Waals surface area contributed by atoms with Crippen LogP contribution >= 0.6 is 0 Å². The van der Waals surface area contributed by atoms with Gasteiger partial charge in [-0.15, -0.1) is 0 Å². The molecule has 128 valence electrons. The van der Waals surface area contributed by atoms with Crippen LogP contribution < -0.4 is 0 Å². The highest BCUT2D eigenvalue weighted by Gasteiger charge is 2.43. The molecule has 0 amide bonds. The van der Waals surface area contributed by atoms with Crippen molar-refractivity contribution < 1.29 is 0 Å². The molecule has 5 nitrogen and oxygen atoms in total. The largest absolute Gasteiger partial charge is 0.297 e. The summed E-state index contributed by atoms with van der Waals surface area (Å²) < 4.78 is 0. The second-order valence-electron chi connectivity index (χ2n) is 7.60. The third-order valence-corrected chi connectivity index (χ3v) is 5.94. The van der Waals surface area contributed by atoms with E-state index in [1.54, 1.807) is 0 Å². The fourth-order valence-corrected chi connectivity index (χ4v) is 4.75. The van der Waals surface area contributed by atoms with Gasteiger partial charge in [0.1, 0.15) is 5.82 Å². The van der Waals surface area contributed by atoms with Crippen molar-refractivity contribution in [1.82, 2.24) is 25.1 Å². The maximum atomic E-state index is 4.85. The molecule has 1 aliphatic carbocycles. The quantitative estimate of drug-likeness (QED) is 0.783. The Morgan fingerprint density at radius 3 is 3.12 bits per heavy atom. The summed E-state index contributed by atoms with van der Waals surface area (Å²) in [5, 5.41) is 8.94. The number of aromatic nitrogens is 4. The number of aryl methyl sites for hydroxylation is 2. The lowest BCUT2D eigenvalue weighted by Crippen LogP contribution is -2.45. The van der Waals surface area contributed by atoms with Gasteiger partial charge in [-0.1, -0.05) is 18.2 Å². The number of likely N-dealkylation sites (tertiary alicyclic amines) is 1. The van der Waals surface area contributed by atoms with Crippen molar-refractivity contribution >= 4 is 10.9 Å². The van der Waals surface area contributed by atoms with Gasteiger partial charge < -0.3 is 0 Å². The Labute approximate surface area is 147 Å². The van der Waals surface area contributed by atoms with E-state index in [4.69, 9.17) is 4.98 Å². The number of fused-ring (bicyclic) bond motifs is 3. The van der Waals surface area contributed by atoms with Crippen molar-refractivity contribution in [2.24, 2.45) is 0 Å². The number of H-pyrrole nitrogens is 1. The van der Waals surface area contributed by atoms with Crippen LogP contribution in [0.5, 0.6) is 0 Å². The zero-order valence-electron chi connectivity index (χ0n) is 14.6. The molecule has 1 fully saturated rings. The van der Waals surface area contributed by atoms with Crippen molar-refractivity contribution in [2.45, 2.75) is 44.6 Å². The van der Waals surface area contributed by atoms with Crippen LogP contribution in [-0.4, -0.2) is 38.2 Å². The van der Waals surface area contributed by atoms with Gasteiger partial charge >= 0.3 is 0 Å². The van der Waals surface area contributed by atoms with Gasteiger partial charge in [-0.3, -0.25) is 10.00 Å². The summed E-state index contributed by atoms with van der Waals surface area (Å²) >= 11 is 0. The fourth-order valence-electron chi connectivity index (χ4n) is 4.75. The topological polar surface area (TPSA) is 57.7 Å². The van der Waals surface area contributed by atoms with E-state index in [1.165, 1.54) is 41.6 Å². The number of para-hydroxylation sites is 1.